The zero-order chi connectivity index (χ0) is 17.8. The van der Waals surface area contributed by atoms with Crippen molar-refractivity contribution in [1.82, 2.24) is 10.6 Å². The zero-order valence-corrected chi connectivity index (χ0v) is 15.9. The molecule has 2 aliphatic rings. The number of hydrogen-bond acceptors (Lipinski definition) is 3. The third-order valence-electron chi connectivity index (χ3n) is 5.57. The van der Waals surface area contributed by atoms with E-state index in [9.17, 15) is 4.79 Å². The Balaban J connectivity index is 1.43. The minimum Gasteiger partial charge on any atom is -0.361 e. The number of nitrogens with zero attached hydrogens (tertiary/aromatic N) is 1. The van der Waals surface area contributed by atoms with E-state index in [1.54, 1.807) is 11.3 Å². The lowest BCUT2D eigenvalue weighted by molar-refractivity contribution is 0.232. The number of carbonyl (C=O) groups is 1. The topological polar surface area (TPSA) is 44.4 Å². The van der Waals surface area contributed by atoms with E-state index in [0.29, 0.717) is 12.6 Å². The van der Waals surface area contributed by atoms with E-state index in [0.717, 1.165) is 25.8 Å². The van der Waals surface area contributed by atoms with Crippen molar-refractivity contribution in [3.05, 3.63) is 52.2 Å². The largest absolute Gasteiger partial charge is 0.361 e. The summed E-state index contributed by atoms with van der Waals surface area (Å²) in [6.45, 7) is 1.64. The van der Waals surface area contributed by atoms with Gasteiger partial charge in [-0.25, -0.2) is 4.79 Å². The maximum Gasteiger partial charge on any atom is 0.315 e. The third kappa shape index (κ3) is 3.88. The first-order valence-electron chi connectivity index (χ1n) is 9.73. The number of nitrogens with one attached hydrogen (secondary N) is 2. The minimum atomic E-state index is -0.0223. The van der Waals surface area contributed by atoms with Crippen LogP contribution in [0.3, 0.4) is 0 Å². The number of rotatable bonds is 5. The van der Waals surface area contributed by atoms with Gasteiger partial charge in [-0.2, -0.15) is 0 Å². The molecule has 1 aliphatic heterocycles. The quantitative estimate of drug-likeness (QED) is 0.816. The number of thiophene rings is 1. The summed E-state index contributed by atoms with van der Waals surface area (Å²) in [7, 11) is 0. The average Bonchev–Trinajstić information content (AvgIpc) is 3.34. The van der Waals surface area contributed by atoms with Crippen molar-refractivity contribution >= 4 is 23.1 Å². The highest BCUT2D eigenvalue weighted by atomic mass is 32.1. The Bertz CT molecular complexity index is 725. The van der Waals surface area contributed by atoms with Gasteiger partial charge in [0.15, 0.2) is 0 Å². The number of hydrogen-bond donors (Lipinski definition) is 2. The molecule has 26 heavy (non-hydrogen) atoms. The number of benzene rings is 1. The molecule has 1 saturated carbocycles. The van der Waals surface area contributed by atoms with Crippen molar-refractivity contribution in [2.45, 2.75) is 50.6 Å². The summed E-state index contributed by atoms with van der Waals surface area (Å²) in [5, 5.41) is 8.42. The van der Waals surface area contributed by atoms with Gasteiger partial charge in [-0.15, -0.1) is 11.3 Å². The van der Waals surface area contributed by atoms with Crippen molar-refractivity contribution in [3.63, 3.8) is 0 Å². The Labute approximate surface area is 159 Å². The first kappa shape index (κ1) is 17.4. The van der Waals surface area contributed by atoms with Crippen LogP contribution in [0.4, 0.5) is 10.5 Å². The van der Waals surface area contributed by atoms with Gasteiger partial charge in [0.25, 0.3) is 0 Å². The molecule has 0 bridgehead atoms. The monoisotopic (exact) mass is 369 g/mol. The predicted octanol–water partition coefficient (Wildman–Crippen LogP) is 4.48. The van der Waals surface area contributed by atoms with Crippen molar-refractivity contribution in [1.29, 1.82) is 0 Å². The van der Waals surface area contributed by atoms with Crippen LogP contribution in [0.5, 0.6) is 0 Å². The van der Waals surface area contributed by atoms with Crippen molar-refractivity contribution in [2.24, 2.45) is 0 Å². The molecule has 1 aliphatic carbocycles. The molecule has 1 aromatic heterocycles. The highest BCUT2D eigenvalue weighted by Crippen LogP contribution is 2.36. The van der Waals surface area contributed by atoms with Gasteiger partial charge in [0, 0.05) is 29.7 Å². The second-order valence-electron chi connectivity index (χ2n) is 7.29. The Morgan fingerprint density at radius 3 is 2.81 bits per heavy atom. The van der Waals surface area contributed by atoms with Crippen LogP contribution in [-0.4, -0.2) is 25.2 Å². The minimum absolute atomic E-state index is 0.0223. The summed E-state index contributed by atoms with van der Waals surface area (Å²) in [6, 6.07) is 13.4. The lowest BCUT2D eigenvalue weighted by Gasteiger charge is -2.30. The van der Waals surface area contributed by atoms with E-state index in [1.807, 2.05) is 0 Å². The van der Waals surface area contributed by atoms with Gasteiger partial charge in [-0.1, -0.05) is 43.5 Å². The van der Waals surface area contributed by atoms with E-state index in [-0.39, 0.29) is 12.1 Å². The van der Waals surface area contributed by atoms with Crippen molar-refractivity contribution < 1.29 is 4.79 Å². The molecule has 4 nitrogen and oxygen atoms in total. The van der Waals surface area contributed by atoms with Gasteiger partial charge >= 0.3 is 6.03 Å². The molecule has 2 N–H and O–H groups in total. The molecule has 1 atom stereocenters. The number of amides is 2. The fraction of sp³-hybridized carbons (Fsp3) is 0.476. The fourth-order valence-electron chi connectivity index (χ4n) is 4.21. The standard InChI is InChI=1S/C21H27N3OS/c25-21(23-17-8-2-1-3-9-17)22-15-19(20-11-6-14-26-20)24-13-12-16-7-4-5-10-18(16)24/h4-7,10-11,14,17,19H,1-3,8-9,12-13,15H2,(H2,22,23,25)/t19-/m1/s1. The average molecular weight is 370 g/mol. The number of para-hydroxylation sites is 1. The normalized spacial score (nSPS) is 18.4. The Morgan fingerprint density at radius 1 is 1.15 bits per heavy atom. The van der Waals surface area contributed by atoms with E-state index in [1.165, 1.54) is 35.4 Å². The van der Waals surface area contributed by atoms with Gasteiger partial charge < -0.3 is 15.5 Å². The molecular weight excluding hydrogens is 342 g/mol. The number of urea groups is 1. The molecule has 0 unspecified atom stereocenters. The van der Waals surface area contributed by atoms with Crippen LogP contribution in [0, 0.1) is 0 Å². The van der Waals surface area contributed by atoms with Crippen LogP contribution in [0.1, 0.15) is 48.6 Å². The van der Waals surface area contributed by atoms with E-state index < -0.39 is 0 Å². The maximum absolute atomic E-state index is 12.4. The summed E-state index contributed by atoms with van der Waals surface area (Å²) in [6.07, 6.45) is 7.06. The summed E-state index contributed by atoms with van der Waals surface area (Å²) in [5.74, 6) is 0. The highest BCUT2D eigenvalue weighted by Gasteiger charge is 2.28. The van der Waals surface area contributed by atoms with Crippen LogP contribution < -0.4 is 15.5 Å². The lowest BCUT2D eigenvalue weighted by atomic mass is 9.96. The Hall–Kier alpha value is -2.01. The first-order chi connectivity index (χ1) is 12.8. The molecule has 1 fully saturated rings. The van der Waals surface area contributed by atoms with E-state index >= 15 is 0 Å². The molecule has 0 radical (unpaired) electrons. The van der Waals surface area contributed by atoms with E-state index in [4.69, 9.17) is 0 Å². The first-order valence-corrected chi connectivity index (χ1v) is 10.6. The number of carbonyl (C=O) groups excluding carboxylic acids is 1. The fourth-order valence-corrected chi connectivity index (χ4v) is 5.04. The van der Waals surface area contributed by atoms with E-state index in [2.05, 4.69) is 57.3 Å². The molecular formula is C21H27N3OS. The van der Waals surface area contributed by atoms with Crippen molar-refractivity contribution in [2.75, 3.05) is 18.0 Å². The van der Waals surface area contributed by atoms with Crippen LogP contribution in [0.2, 0.25) is 0 Å². The van der Waals surface area contributed by atoms with Crippen LogP contribution in [-0.2, 0) is 6.42 Å². The zero-order valence-electron chi connectivity index (χ0n) is 15.1. The summed E-state index contributed by atoms with van der Waals surface area (Å²) in [5.41, 5.74) is 2.71. The van der Waals surface area contributed by atoms with Gasteiger partial charge in [-0.3, -0.25) is 0 Å². The maximum atomic E-state index is 12.4. The van der Waals surface area contributed by atoms with Gasteiger partial charge in [0.05, 0.1) is 6.04 Å². The van der Waals surface area contributed by atoms with Crippen LogP contribution >= 0.6 is 11.3 Å². The highest BCUT2D eigenvalue weighted by molar-refractivity contribution is 7.10. The SMILES string of the molecule is O=C(NC[C@H](c1cccs1)N1CCc2ccccc21)NC1CCCCC1. The molecule has 2 aromatic rings. The predicted molar refractivity (Wildman–Crippen MR) is 108 cm³/mol. The summed E-state index contributed by atoms with van der Waals surface area (Å²) >= 11 is 1.77. The Kier molecular flexibility index (Phi) is 5.44. The molecule has 1 aromatic carbocycles. The molecule has 0 spiro atoms. The third-order valence-corrected chi connectivity index (χ3v) is 6.54. The van der Waals surface area contributed by atoms with Crippen LogP contribution in [0.15, 0.2) is 41.8 Å². The number of anilines is 1. The van der Waals surface area contributed by atoms with Crippen LogP contribution in [0.25, 0.3) is 0 Å². The smallest absolute Gasteiger partial charge is 0.315 e. The number of fused-ring (bicyclic) bond motifs is 1. The summed E-state index contributed by atoms with van der Waals surface area (Å²) < 4.78 is 0. The molecule has 138 valence electrons. The van der Waals surface area contributed by atoms with Gasteiger partial charge in [0.1, 0.15) is 0 Å². The molecule has 2 amide bonds. The molecule has 0 saturated heterocycles. The van der Waals surface area contributed by atoms with Gasteiger partial charge in [0.2, 0.25) is 0 Å². The van der Waals surface area contributed by atoms with Gasteiger partial charge in [-0.05, 0) is 42.3 Å². The molecule has 2 heterocycles. The lowest BCUT2D eigenvalue weighted by Crippen LogP contribution is -2.45. The Morgan fingerprint density at radius 2 is 2.00 bits per heavy atom. The second kappa shape index (κ2) is 8.12. The second-order valence-corrected chi connectivity index (χ2v) is 8.27. The molecule has 4 rings (SSSR count). The summed E-state index contributed by atoms with van der Waals surface area (Å²) in [4.78, 5) is 16.2. The van der Waals surface area contributed by atoms with Crippen molar-refractivity contribution in [3.8, 4) is 0 Å². The molecule has 5 heteroatoms.